The zero-order valence-electron chi connectivity index (χ0n) is 32.3. The zero-order chi connectivity index (χ0) is 39.4. The summed E-state index contributed by atoms with van der Waals surface area (Å²) in [5, 5.41) is 16.5. The van der Waals surface area contributed by atoms with E-state index in [1.165, 1.54) is 0 Å². The third-order valence-electron chi connectivity index (χ3n) is 11.1. The molecule has 53 heavy (non-hydrogen) atoms. The molecule has 5 rings (SSSR count). The minimum absolute atomic E-state index is 0.00338. The first-order valence-corrected chi connectivity index (χ1v) is 23.7. The van der Waals surface area contributed by atoms with Gasteiger partial charge in [-0.3, -0.25) is 18.7 Å². The SMILES string of the molecule is CCCCOc1noc2c1C(=O)[C@@]1(O[Si](C)(C)C(C)(C)C)C(O)=C3C(=O)c4c(c(F)c(COS(C)(=O)=O)c(Br)c4OCCCC)C[C@H]3C[C@H]1[C@@H]2N(C)C. The summed E-state index contributed by atoms with van der Waals surface area (Å²) in [6.07, 6.45) is 3.90. The first kappa shape index (κ1) is 41.5. The van der Waals surface area contributed by atoms with Gasteiger partial charge in [0.1, 0.15) is 22.9 Å². The van der Waals surface area contributed by atoms with Crippen molar-refractivity contribution in [2.45, 2.75) is 110 Å². The number of unbranched alkanes of at least 4 members (excludes halogenated alkanes) is 2. The number of rotatable bonds is 14. The van der Waals surface area contributed by atoms with E-state index >= 15 is 9.18 Å². The van der Waals surface area contributed by atoms with Crippen molar-refractivity contribution < 1.29 is 50.1 Å². The Bertz CT molecular complexity index is 1920. The lowest BCUT2D eigenvalue weighted by Gasteiger charge is -2.55. The number of Topliss-reactive ketones (excluding diaryl/α,β-unsaturated/α-hetero) is 2. The highest BCUT2D eigenvalue weighted by Gasteiger charge is 2.67. The smallest absolute Gasteiger partial charge is 0.265 e. The second-order valence-electron chi connectivity index (χ2n) is 16.1. The van der Waals surface area contributed by atoms with Crippen molar-refractivity contribution in [2.24, 2.45) is 11.8 Å². The van der Waals surface area contributed by atoms with Crippen LogP contribution in [0, 0.1) is 17.7 Å². The van der Waals surface area contributed by atoms with E-state index in [4.69, 9.17) is 22.6 Å². The lowest BCUT2D eigenvalue weighted by atomic mass is 9.58. The van der Waals surface area contributed by atoms with Crippen molar-refractivity contribution in [3.63, 3.8) is 0 Å². The minimum Gasteiger partial charge on any atom is -0.508 e. The van der Waals surface area contributed by atoms with Gasteiger partial charge in [0.25, 0.3) is 16.0 Å². The second kappa shape index (κ2) is 15.1. The Balaban J connectivity index is 1.80. The Morgan fingerprint density at radius 3 is 2.28 bits per heavy atom. The number of aliphatic hydroxyl groups excluding tert-OH is 1. The van der Waals surface area contributed by atoms with E-state index in [0.717, 1.165) is 19.1 Å². The number of fused-ring (bicyclic) bond motifs is 4. The topological polar surface area (TPSA) is 155 Å². The number of aliphatic hydroxyl groups is 1. The third kappa shape index (κ3) is 7.28. The lowest BCUT2D eigenvalue weighted by Crippen LogP contribution is -2.65. The fourth-order valence-corrected chi connectivity index (χ4v) is 9.78. The van der Waals surface area contributed by atoms with Gasteiger partial charge in [-0.2, -0.15) is 8.42 Å². The number of carbonyl (C=O) groups excluding carboxylic acids is 2. The van der Waals surface area contributed by atoms with Crippen LogP contribution in [-0.4, -0.2) is 82.6 Å². The van der Waals surface area contributed by atoms with E-state index < -0.39 is 76.7 Å². The molecule has 4 atom stereocenters. The predicted molar refractivity (Wildman–Crippen MR) is 202 cm³/mol. The van der Waals surface area contributed by atoms with E-state index in [9.17, 15) is 18.3 Å². The molecule has 0 fully saturated rings. The van der Waals surface area contributed by atoms with Crippen molar-refractivity contribution >= 4 is 45.9 Å². The van der Waals surface area contributed by atoms with Gasteiger partial charge in [0.05, 0.1) is 42.2 Å². The first-order valence-electron chi connectivity index (χ1n) is 18.2. The van der Waals surface area contributed by atoms with Crippen LogP contribution in [0.2, 0.25) is 18.1 Å². The van der Waals surface area contributed by atoms with Gasteiger partial charge in [-0.15, -0.1) is 0 Å². The molecule has 1 aromatic carbocycles. The van der Waals surface area contributed by atoms with Crippen LogP contribution in [0.25, 0.3) is 0 Å². The zero-order valence-corrected chi connectivity index (χ0v) is 35.7. The summed E-state index contributed by atoms with van der Waals surface area (Å²) >= 11 is 3.39. The maximum Gasteiger partial charge on any atom is 0.265 e. The molecule has 1 aromatic heterocycles. The monoisotopic (exact) mass is 842 g/mol. The molecule has 16 heteroatoms. The van der Waals surface area contributed by atoms with E-state index in [1.54, 1.807) is 0 Å². The normalized spacial score (nSPS) is 23.2. The molecule has 0 unspecified atom stereocenters. The molecule has 2 aromatic rings. The summed E-state index contributed by atoms with van der Waals surface area (Å²) < 4.78 is 70.7. The number of aromatic nitrogens is 1. The standard InChI is InChI=1S/C37H52BrFN2O10SSi/c1-11-13-15-47-31-25-21(28(39)22(27(31)38)19-49-52(8,45)46)17-20-18-23-29(41(6)7)32-26(35(40-50-32)48-16-14-12-2)34(44)37(23,33(43)24(20)30(25)42)51-53(9,10)36(3,4)5/h20,23,29,43H,11-19H2,1-10H3/t20-,23-,29-,37-/m0/s1. The number of ether oxygens (including phenoxy) is 2. The van der Waals surface area contributed by atoms with Crippen LogP contribution < -0.4 is 9.47 Å². The van der Waals surface area contributed by atoms with Gasteiger partial charge < -0.3 is 23.5 Å². The Kier molecular flexibility index (Phi) is 11.9. The Hall–Kier alpha value is -2.63. The van der Waals surface area contributed by atoms with E-state index in [0.29, 0.717) is 12.8 Å². The van der Waals surface area contributed by atoms with Crippen LogP contribution in [-0.2, 0) is 31.8 Å². The van der Waals surface area contributed by atoms with Crippen molar-refractivity contribution in [3.8, 4) is 11.6 Å². The van der Waals surface area contributed by atoms with Gasteiger partial charge in [0.2, 0.25) is 5.78 Å². The number of hydrogen-bond donors (Lipinski definition) is 1. The summed E-state index contributed by atoms with van der Waals surface area (Å²) in [7, 11) is -3.23. The average molecular weight is 844 g/mol. The number of ketones is 2. The molecule has 0 aliphatic heterocycles. The summed E-state index contributed by atoms with van der Waals surface area (Å²) in [4.78, 5) is 32.1. The number of hydrogen-bond acceptors (Lipinski definition) is 12. The number of benzene rings is 1. The molecule has 0 radical (unpaired) electrons. The van der Waals surface area contributed by atoms with Crippen LogP contribution in [0.1, 0.15) is 110 Å². The van der Waals surface area contributed by atoms with E-state index in [-0.39, 0.29) is 75.7 Å². The van der Waals surface area contributed by atoms with Crippen LogP contribution in [0.5, 0.6) is 11.6 Å². The largest absolute Gasteiger partial charge is 0.508 e. The van der Waals surface area contributed by atoms with Gasteiger partial charge >= 0.3 is 0 Å². The van der Waals surface area contributed by atoms with Gasteiger partial charge in [-0.05, 0) is 84.9 Å². The Morgan fingerprint density at radius 2 is 1.72 bits per heavy atom. The first-order chi connectivity index (χ1) is 24.6. The highest BCUT2D eigenvalue weighted by molar-refractivity contribution is 9.10. The van der Waals surface area contributed by atoms with Gasteiger partial charge in [-0.25, -0.2) is 4.39 Å². The molecule has 0 amide bonds. The van der Waals surface area contributed by atoms with Gasteiger partial charge in [0.15, 0.2) is 25.5 Å². The number of carbonyl (C=O) groups is 2. The van der Waals surface area contributed by atoms with Crippen LogP contribution in [0.3, 0.4) is 0 Å². The van der Waals surface area contributed by atoms with Crippen molar-refractivity contribution in [3.05, 3.63) is 49.6 Å². The average Bonchev–Trinajstić information content (AvgIpc) is 3.46. The van der Waals surface area contributed by atoms with Gasteiger partial charge in [0, 0.05) is 22.6 Å². The Morgan fingerprint density at radius 1 is 1.09 bits per heavy atom. The fraction of sp³-hybridized carbons (Fsp3) is 0.649. The summed E-state index contributed by atoms with van der Waals surface area (Å²) in [6, 6.07) is -0.662. The fourth-order valence-electron chi connectivity index (χ4n) is 7.40. The van der Waals surface area contributed by atoms with Crippen molar-refractivity contribution in [1.29, 1.82) is 0 Å². The van der Waals surface area contributed by atoms with Crippen molar-refractivity contribution in [1.82, 2.24) is 10.1 Å². The summed E-state index contributed by atoms with van der Waals surface area (Å²) in [5.74, 6) is -3.88. The number of nitrogens with zero attached hydrogens (tertiary/aromatic N) is 2. The molecule has 0 spiro atoms. The summed E-state index contributed by atoms with van der Waals surface area (Å²) in [5.41, 5.74) is -2.20. The Labute approximate surface area is 321 Å². The van der Waals surface area contributed by atoms with E-state index in [1.807, 2.05) is 66.7 Å². The maximum atomic E-state index is 16.6. The number of halogens is 2. The highest BCUT2D eigenvalue weighted by atomic mass is 79.9. The third-order valence-corrected chi connectivity index (χ3v) is 16.9. The van der Waals surface area contributed by atoms with Crippen LogP contribution in [0.15, 0.2) is 20.3 Å². The molecule has 12 nitrogen and oxygen atoms in total. The quantitative estimate of drug-likeness (QED) is 0.112. The lowest BCUT2D eigenvalue weighted by molar-refractivity contribution is -0.0481. The molecular weight excluding hydrogens is 791 g/mol. The molecule has 0 saturated carbocycles. The molecule has 3 aliphatic rings. The molecule has 1 N–H and O–H groups in total. The summed E-state index contributed by atoms with van der Waals surface area (Å²) in [6.45, 7) is 13.8. The molecule has 0 bridgehead atoms. The van der Waals surface area contributed by atoms with Crippen LogP contribution >= 0.6 is 15.9 Å². The number of allylic oxidation sites excluding steroid dienone is 1. The maximum absolute atomic E-state index is 16.6. The van der Waals surface area contributed by atoms with Gasteiger partial charge in [-0.1, -0.05) is 47.5 Å². The van der Waals surface area contributed by atoms with E-state index in [2.05, 4.69) is 21.1 Å². The molecule has 294 valence electrons. The molecular formula is C37H52BrFN2O10SSi. The molecule has 0 saturated heterocycles. The minimum atomic E-state index is -3.95. The molecule has 3 aliphatic carbocycles. The highest BCUT2D eigenvalue weighted by Crippen LogP contribution is 2.60. The predicted octanol–water partition coefficient (Wildman–Crippen LogP) is 7.86. The van der Waals surface area contributed by atoms with Crippen LogP contribution in [0.4, 0.5) is 4.39 Å². The second-order valence-corrected chi connectivity index (χ2v) is 23.2. The molecule has 1 heterocycles. The van der Waals surface area contributed by atoms with Crippen molar-refractivity contribution in [2.75, 3.05) is 33.6 Å².